The molecule has 0 aliphatic rings. The second-order valence-electron chi connectivity index (χ2n) is 7.38. The molecule has 0 amide bonds. The Labute approximate surface area is 192 Å². The molecular weight excluding hydrogens is 440 g/mol. The zero-order valence-electron chi connectivity index (χ0n) is 17.6. The lowest BCUT2D eigenvalue weighted by molar-refractivity contribution is -0.134. The first-order valence-electron chi connectivity index (χ1n) is 10.3. The lowest BCUT2D eigenvalue weighted by Gasteiger charge is -2.08. The monoisotopic (exact) mass is 458 g/mol. The van der Waals surface area contributed by atoms with Crippen LogP contribution in [0, 0.1) is 6.92 Å². The van der Waals surface area contributed by atoms with E-state index in [0.29, 0.717) is 39.8 Å². The number of carbonyl (C=O) groups is 1. The first-order chi connectivity index (χ1) is 16.1. The number of aryl methyl sites for hydroxylation is 2. The molecule has 5 rings (SSSR count). The predicted octanol–water partition coefficient (Wildman–Crippen LogP) is 5.42. The molecule has 164 valence electrons. The van der Waals surface area contributed by atoms with Crippen molar-refractivity contribution in [3.8, 4) is 28.3 Å². The van der Waals surface area contributed by atoms with Crippen LogP contribution < -0.4 is 10.2 Å². The van der Waals surface area contributed by atoms with E-state index in [9.17, 15) is 9.59 Å². The van der Waals surface area contributed by atoms with E-state index in [1.54, 1.807) is 36.5 Å². The Morgan fingerprint density at radius 1 is 1.09 bits per heavy atom. The van der Waals surface area contributed by atoms with E-state index in [-0.39, 0.29) is 18.3 Å². The van der Waals surface area contributed by atoms with Gasteiger partial charge in [0.1, 0.15) is 17.1 Å². The summed E-state index contributed by atoms with van der Waals surface area (Å²) in [5.41, 5.74) is 2.43. The van der Waals surface area contributed by atoms with Gasteiger partial charge in [0.25, 0.3) is 0 Å². The zero-order valence-corrected chi connectivity index (χ0v) is 18.4. The molecule has 2 aromatic carbocycles. The SMILES string of the molecule is Cc1oc2cc(OC(=O)CCc3nc(-c4ccsc4)no3)ccc2c(=O)c1-c1ccccc1. The summed E-state index contributed by atoms with van der Waals surface area (Å²) >= 11 is 1.54. The lowest BCUT2D eigenvalue weighted by Crippen LogP contribution is -2.10. The molecule has 0 N–H and O–H groups in total. The summed E-state index contributed by atoms with van der Waals surface area (Å²) < 4.78 is 16.5. The minimum Gasteiger partial charge on any atom is -0.460 e. The minimum atomic E-state index is -0.454. The van der Waals surface area contributed by atoms with Crippen molar-refractivity contribution in [2.24, 2.45) is 0 Å². The predicted molar refractivity (Wildman–Crippen MR) is 124 cm³/mol. The fourth-order valence-electron chi connectivity index (χ4n) is 3.54. The van der Waals surface area contributed by atoms with Crippen molar-refractivity contribution in [2.75, 3.05) is 0 Å². The van der Waals surface area contributed by atoms with Crippen LogP contribution in [0.5, 0.6) is 5.75 Å². The van der Waals surface area contributed by atoms with Gasteiger partial charge < -0.3 is 13.7 Å². The third-order valence-corrected chi connectivity index (χ3v) is 5.81. The molecule has 0 saturated heterocycles. The minimum absolute atomic E-state index is 0.0687. The van der Waals surface area contributed by atoms with Crippen LogP contribution in [0.15, 0.2) is 79.1 Å². The van der Waals surface area contributed by atoms with E-state index in [1.165, 1.54) is 0 Å². The Morgan fingerprint density at radius 3 is 2.73 bits per heavy atom. The number of thiophene rings is 1. The Hall–Kier alpha value is -4.04. The van der Waals surface area contributed by atoms with Crippen LogP contribution in [0.2, 0.25) is 0 Å². The van der Waals surface area contributed by atoms with Crippen LogP contribution in [0.1, 0.15) is 18.1 Å². The summed E-state index contributed by atoms with van der Waals surface area (Å²) in [6.45, 7) is 1.75. The van der Waals surface area contributed by atoms with Crippen molar-refractivity contribution in [1.82, 2.24) is 10.1 Å². The number of fused-ring (bicyclic) bond motifs is 1. The number of benzene rings is 2. The summed E-state index contributed by atoms with van der Waals surface area (Å²) in [4.78, 5) is 29.7. The Bertz CT molecular complexity index is 1490. The van der Waals surface area contributed by atoms with Crippen molar-refractivity contribution in [3.05, 3.63) is 87.2 Å². The Morgan fingerprint density at radius 2 is 1.94 bits per heavy atom. The van der Waals surface area contributed by atoms with E-state index in [4.69, 9.17) is 13.7 Å². The van der Waals surface area contributed by atoms with Crippen molar-refractivity contribution >= 4 is 28.3 Å². The molecule has 33 heavy (non-hydrogen) atoms. The standard InChI is InChI=1S/C25H18N2O5S/c1-15-23(16-5-3-2-4-6-16)24(29)19-8-7-18(13-20(19)30-15)31-22(28)10-9-21-26-25(27-32-21)17-11-12-33-14-17/h2-8,11-14H,9-10H2,1H3. The Kier molecular flexibility index (Phi) is 5.58. The van der Waals surface area contributed by atoms with Crippen molar-refractivity contribution < 1.29 is 18.5 Å². The molecule has 0 bridgehead atoms. The van der Waals surface area contributed by atoms with Crippen LogP contribution >= 0.6 is 11.3 Å². The number of aromatic nitrogens is 2. The molecule has 0 fully saturated rings. The van der Waals surface area contributed by atoms with Crippen molar-refractivity contribution in [1.29, 1.82) is 0 Å². The number of ether oxygens (including phenoxy) is 1. The largest absolute Gasteiger partial charge is 0.460 e. The molecule has 0 radical (unpaired) electrons. The van der Waals surface area contributed by atoms with Gasteiger partial charge in [-0.25, -0.2) is 0 Å². The molecule has 5 aromatic rings. The van der Waals surface area contributed by atoms with E-state index in [2.05, 4.69) is 10.1 Å². The molecule has 0 saturated carbocycles. The average molecular weight is 458 g/mol. The van der Waals surface area contributed by atoms with Gasteiger partial charge in [-0.2, -0.15) is 16.3 Å². The van der Waals surface area contributed by atoms with Gasteiger partial charge in [0.05, 0.1) is 17.4 Å². The van der Waals surface area contributed by atoms with Crippen LogP contribution in [-0.4, -0.2) is 16.1 Å². The maximum atomic E-state index is 13.0. The van der Waals surface area contributed by atoms with Crippen LogP contribution in [0.25, 0.3) is 33.5 Å². The third kappa shape index (κ3) is 4.33. The molecule has 0 atom stereocenters. The van der Waals surface area contributed by atoms with Gasteiger partial charge in [-0.1, -0.05) is 35.5 Å². The zero-order chi connectivity index (χ0) is 22.8. The molecule has 8 heteroatoms. The molecule has 7 nitrogen and oxygen atoms in total. The van der Waals surface area contributed by atoms with Gasteiger partial charge >= 0.3 is 5.97 Å². The smallest absolute Gasteiger partial charge is 0.311 e. The maximum absolute atomic E-state index is 13.0. The fraction of sp³-hybridized carbons (Fsp3) is 0.120. The second-order valence-corrected chi connectivity index (χ2v) is 8.16. The van der Waals surface area contributed by atoms with Gasteiger partial charge in [-0.05, 0) is 36.1 Å². The van der Waals surface area contributed by atoms with Crippen LogP contribution in [0.4, 0.5) is 0 Å². The third-order valence-electron chi connectivity index (χ3n) is 5.12. The van der Waals surface area contributed by atoms with Crippen LogP contribution in [0.3, 0.4) is 0 Å². The highest BCUT2D eigenvalue weighted by atomic mass is 32.1. The van der Waals surface area contributed by atoms with E-state index >= 15 is 0 Å². The fourth-order valence-corrected chi connectivity index (χ4v) is 4.18. The summed E-state index contributed by atoms with van der Waals surface area (Å²) in [6, 6.07) is 16.0. The first-order valence-corrected chi connectivity index (χ1v) is 11.2. The molecule has 3 aromatic heterocycles. The number of rotatable bonds is 6. The normalized spacial score (nSPS) is 11.1. The van der Waals surface area contributed by atoms with Crippen molar-refractivity contribution in [2.45, 2.75) is 19.8 Å². The van der Waals surface area contributed by atoms with E-state index < -0.39 is 5.97 Å². The van der Waals surface area contributed by atoms with Gasteiger partial charge in [-0.3, -0.25) is 9.59 Å². The molecule has 0 spiro atoms. The lowest BCUT2D eigenvalue weighted by atomic mass is 10.0. The maximum Gasteiger partial charge on any atom is 0.311 e. The second kappa shape index (κ2) is 8.84. The quantitative estimate of drug-likeness (QED) is 0.248. The summed E-state index contributed by atoms with van der Waals surface area (Å²) in [5.74, 6) is 1.20. The Balaban J connectivity index is 1.30. The average Bonchev–Trinajstić information content (AvgIpc) is 3.50. The van der Waals surface area contributed by atoms with Gasteiger partial charge in [0.2, 0.25) is 17.1 Å². The summed E-state index contributed by atoms with van der Waals surface area (Å²) in [6.07, 6.45) is 0.331. The molecule has 3 heterocycles. The molecular formula is C25H18N2O5S. The first kappa shape index (κ1) is 20.8. The van der Waals surface area contributed by atoms with Gasteiger partial charge in [0, 0.05) is 23.4 Å². The highest BCUT2D eigenvalue weighted by Gasteiger charge is 2.16. The summed E-state index contributed by atoms with van der Waals surface area (Å²) in [5, 5.41) is 8.20. The van der Waals surface area contributed by atoms with Gasteiger partial charge in [0.15, 0.2) is 0 Å². The molecule has 0 aliphatic heterocycles. The van der Waals surface area contributed by atoms with Crippen molar-refractivity contribution in [3.63, 3.8) is 0 Å². The number of hydrogen-bond acceptors (Lipinski definition) is 8. The van der Waals surface area contributed by atoms with E-state index in [0.717, 1.165) is 11.1 Å². The topological polar surface area (TPSA) is 95.4 Å². The molecule has 0 unspecified atom stereocenters. The summed E-state index contributed by atoms with van der Waals surface area (Å²) in [7, 11) is 0. The number of carbonyl (C=O) groups excluding carboxylic acids is 1. The highest BCUT2D eigenvalue weighted by molar-refractivity contribution is 7.08. The van der Waals surface area contributed by atoms with E-state index in [1.807, 2.05) is 47.2 Å². The van der Waals surface area contributed by atoms with Crippen LogP contribution in [-0.2, 0) is 11.2 Å². The number of hydrogen-bond donors (Lipinski definition) is 0. The number of esters is 1. The molecule has 0 aliphatic carbocycles. The van der Waals surface area contributed by atoms with Gasteiger partial charge in [-0.15, -0.1) is 0 Å². The number of nitrogens with zero attached hydrogens (tertiary/aromatic N) is 2. The highest BCUT2D eigenvalue weighted by Crippen LogP contribution is 2.26.